The molecule has 0 radical (unpaired) electrons. The van der Waals surface area contributed by atoms with Crippen LogP contribution in [0.4, 0.5) is 5.69 Å². The average Bonchev–Trinajstić information content (AvgIpc) is 3.45. The van der Waals surface area contributed by atoms with E-state index in [2.05, 4.69) is 15.6 Å². The fraction of sp³-hybridized carbons (Fsp3) is 0.227. The molecule has 1 saturated carbocycles. The maximum absolute atomic E-state index is 12.3. The lowest BCUT2D eigenvalue weighted by Crippen LogP contribution is -2.20. The Kier molecular flexibility index (Phi) is 5.74. The van der Waals surface area contributed by atoms with E-state index in [1.807, 2.05) is 42.5 Å². The van der Waals surface area contributed by atoms with Crippen molar-refractivity contribution >= 4 is 17.8 Å². The van der Waals surface area contributed by atoms with Gasteiger partial charge >= 0.3 is 5.69 Å². The highest BCUT2D eigenvalue weighted by Gasteiger charge is 2.43. The molecule has 0 saturated heterocycles. The number of hydrazone groups is 1. The molecule has 3 aromatic rings. The van der Waals surface area contributed by atoms with Crippen LogP contribution in [0.1, 0.15) is 29.0 Å². The SMILES string of the molecule is COc1ccc(C=NNC(=O)[C@H]2C[C@@H]2c2ccccc2)cc1Cn1cc([N+](=O)[O-])cn1. The van der Waals surface area contributed by atoms with Gasteiger partial charge in [-0.3, -0.25) is 19.6 Å². The smallest absolute Gasteiger partial charge is 0.307 e. The minimum absolute atomic E-state index is 0.0541. The van der Waals surface area contributed by atoms with Crippen molar-refractivity contribution in [1.29, 1.82) is 0 Å². The highest BCUT2D eigenvalue weighted by atomic mass is 16.6. The highest BCUT2D eigenvalue weighted by Crippen LogP contribution is 2.47. The van der Waals surface area contributed by atoms with Gasteiger partial charge in [-0.05, 0) is 41.7 Å². The van der Waals surface area contributed by atoms with Crippen LogP contribution in [0.2, 0.25) is 0 Å². The number of nitro groups is 1. The quantitative estimate of drug-likeness (QED) is 0.343. The van der Waals surface area contributed by atoms with Gasteiger partial charge in [0, 0.05) is 11.5 Å². The van der Waals surface area contributed by atoms with Gasteiger partial charge in [-0.2, -0.15) is 10.2 Å². The van der Waals surface area contributed by atoms with E-state index in [0.29, 0.717) is 12.3 Å². The first-order chi connectivity index (χ1) is 15.0. The Bertz CT molecular complexity index is 1130. The third kappa shape index (κ3) is 4.77. The summed E-state index contributed by atoms with van der Waals surface area (Å²) < 4.78 is 6.84. The van der Waals surface area contributed by atoms with E-state index >= 15 is 0 Å². The number of nitrogens with zero attached hydrogens (tertiary/aromatic N) is 4. The molecule has 0 aliphatic heterocycles. The van der Waals surface area contributed by atoms with Crippen LogP contribution in [0.3, 0.4) is 0 Å². The summed E-state index contributed by atoms with van der Waals surface area (Å²) in [6.07, 6.45) is 4.95. The fourth-order valence-corrected chi connectivity index (χ4v) is 3.52. The topological polar surface area (TPSA) is 112 Å². The predicted molar refractivity (Wildman–Crippen MR) is 114 cm³/mol. The molecule has 9 heteroatoms. The number of carbonyl (C=O) groups excluding carboxylic acids is 1. The van der Waals surface area contributed by atoms with E-state index in [0.717, 1.165) is 17.5 Å². The number of aromatic nitrogens is 2. The Hall–Kier alpha value is -4.01. The van der Waals surface area contributed by atoms with Crippen molar-refractivity contribution in [2.75, 3.05) is 7.11 Å². The molecule has 2 aromatic carbocycles. The minimum atomic E-state index is -0.491. The third-order valence-electron chi connectivity index (χ3n) is 5.21. The van der Waals surface area contributed by atoms with Crippen LogP contribution in [-0.4, -0.2) is 33.9 Å². The molecule has 4 rings (SSSR count). The second kappa shape index (κ2) is 8.78. The molecular weight excluding hydrogens is 398 g/mol. The highest BCUT2D eigenvalue weighted by molar-refractivity contribution is 5.85. The summed E-state index contributed by atoms with van der Waals surface area (Å²) in [5.74, 6) is 0.731. The Labute approximate surface area is 178 Å². The lowest BCUT2D eigenvalue weighted by atomic mass is 10.1. The van der Waals surface area contributed by atoms with Crippen LogP contribution in [0.5, 0.6) is 5.75 Å². The molecule has 0 unspecified atom stereocenters. The zero-order valence-corrected chi connectivity index (χ0v) is 16.8. The summed E-state index contributed by atoms with van der Waals surface area (Å²) in [6.45, 7) is 0.298. The number of hydrogen-bond acceptors (Lipinski definition) is 6. The van der Waals surface area contributed by atoms with Crippen LogP contribution >= 0.6 is 0 Å². The van der Waals surface area contributed by atoms with E-state index in [1.54, 1.807) is 19.4 Å². The molecule has 31 heavy (non-hydrogen) atoms. The first-order valence-electron chi connectivity index (χ1n) is 9.77. The number of methoxy groups -OCH3 is 1. The minimum Gasteiger partial charge on any atom is -0.496 e. The molecule has 0 spiro atoms. The Balaban J connectivity index is 1.39. The molecule has 1 N–H and O–H groups in total. The standard InChI is InChI=1S/C22H21N5O4/c1-31-21-8-7-15(9-17(21)13-26-14-18(12-24-26)27(29)30)11-23-25-22(28)20-10-19(20)16-5-3-2-4-6-16/h2-9,11-12,14,19-20H,10,13H2,1H3,(H,25,28)/t19-,20+/m1/s1. The van der Waals surface area contributed by atoms with E-state index in [-0.39, 0.29) is 23.4 Å². The fourth-order valence-electron chi connectivity index (χ4n) is 3.52. The van der Waals surface area contributed by atoms with Gasteiger partial charge in [-0.1, -0.05) is 30.3 Å². The maximum atomic E-state index is 12.3. The summed E-state index contributed by atoms with van der Waals surface area (Å²) in [6, 6.07) is 15.4. The van der Waals surface area contributed by atoms with Gasteiger partial charge < -0.3 is 4.74 Å². The van der Waals surface area contributed by atoms with E-state index in [4.69, 9.17) is 4.74 Å². The summed E-state index contributed by atoms with van der Waals surface area (Å²) in [5, 5.41) is 18.9. The zero-order chi connectivity index (χ0) is 21.8. The largest absolute Gasteiger partial charge is 0.496 e. The van der Waals surface area contributed by atoms with Crippen molar-refractivity contribution in [3.8, 4) is 5.75 Å². The van der Waals surface area contributed by atoms with Crippen molar-refractivity contribution in [3.05, 3.63) is 87.7 Å². The van der Waals surface area contributed by atoms with E-state index < -0.39 is 4.92 Å². The van der Waals surface area contributed by atoms with Crippen LogP contribution in [0.15, 0.2) is 66.0 Å². The summed E-state index contributed by atoms with van der Waals surface area (Å²) in [7, 11) is 1.55. The lowest BCUT2D eigenvalue weighted by molar-refractivity contribution is -0.385. The van der Waals surface area contributed by atoms with Gasteiger partial charge in [0.15, 0.2) is 0 Å². The van der Waals surface area contributed by atoms with Crippen LogP contribution < -0.4 is 10.2 Å². The number of amides is 1. The van der Waals surface area contributed by atoms with Crippen molar-refractivity contribution in [2.45, 2.75) is 18.9 Å². The summed E-state index contributed by atoms with van der Waals surface area (Å²) in [4.78, 5) is 22.7. The summed E-state index contributed by atoms with van der Waals surface area (Å²) >= 11 is 0. The molecule has 158 valence electrons. The van der Waals surface area contributed by atoms with Crippen molar-refractivity contribution in [1.82, 2.24) is 15.2 Å². The van der Waals surface area contributed by atoms with Crippen molar-refractivity contribution in [3.63, 3.8) is 0 Å². The third-order valence-corrected chi connectivity index (χ3v) is 5.21. The first-order valence-corrected chi connectivity index (χ1v) is 9.77. The molecular formula is C22H21N5O4. The van der Waals surface area contributed by atoms with Crippen molar-refractivity contribution in [2.24, 2.45) is 11.0 Å². The van der Waals surface area contributed by atoms with Gasteiger partial charge in [0.1, 0.15) is 18.1 Å². The number of ether oxygens (including phenoxy) is 1. The molecule has 1 aromatic heterocycles. The molecule has 9 nitrogen and oxygen atoms in total. The number of benzene rings is 2. The van der Waals surface area contributed by atoms with Gasteiger partial charge in [0.2, 0.25) is 5.91 Å². The number of nitrogens with one attached hydrogen (secondary N) is 1. The molecule has 0 bridgehead atoms. The molecule has 1 heterocycles. The van der Waals surface area contributed by atoms with Gasteiger partial charge in [-0.15, -0.1) is 0 Å². The maximum Gasteiger partial charge on any atom is 0.307 e. The molecule has 1 aliphatic carbocycles. The molecule has 1 amide bonds. The van der Waals surface area contributed by atoms with Crippen LogP contribution in [-0.2, 0) is 11.3 Å². The normalized spacial score (nSPS) is 17.5. The molecule has 2 atom stereocenters. The molecule has 1 aliphatic rings. The Morgan fingerprint density at radius 1 is 1.35 bits per heavy atom. The van der Waals surface area contributed by atoms with Gasteiger partial charge in [-0.25, -0.2) is 5.43 Å². The zero-order valence-electron chi connectivity index (χ0n) is 16.8. The van der Waals surface area contributed by atoms with Gasteiger partial charge in [0.05, 0.1) is 24.8 Å². The number of hydrogen-bond donors (Lipinski definition) is 1. The van der Waals surface area contributed by atoms with Crippen molar-refractivity contribution < 1.29 is 14.5 Å². The monoisotopic (exact) mass is 419 g/mol. The number of rotatable bonds is 8. The van der Waals surface area contributed by atoms with E-state index in [9.17, 15) is 14.9 Å². The predicted octanol–water partition coefficient (Wildman–Crippen LogP) is 3.10. The Morgan fingerprint density at radius 2 is 2.16 bits per heavy atom. The lowest BCUT2D eigenvalue weighted by Gasteiger charge is -2.09. The number of carbonyl (C=O) groups is 1. The van der Waals surface area contributed by atoms with Gasteiger partial charge in [0.25, 0.3) is 0 Å². The second-order valence-electron chi connectivity index (χ2n) is 7.32. The van der Waals surface area contributed by atoms with E-state index in [1.165, 1.54) is 22.6 Å². The Morgan fingerprint density at radius 3 is 2.87 bits per heavy atom. The van der Waals surface area contributed by atoms with Crippen LogP contribution in [0.25, 0.3) is 0 Å². The van der Waals surface area contributed by atoms with Crippen LogP contribution in [0, 0.1) is 16.0 Å². The summed E-state index contributed by atoms with van der Waals surface area (Å²) in [5.41, 5.74) is 5.25. The molecule has 1 fully saturated rings. The first kappa shape index (κ1) is 20.3. The average molecular weight is 419 g/mol. The second-order valence-corrected chi connectivity index (χ2v) is 7.32.